The third kappa shape index (κ3) is 4.69. The number of amides is 1. The lowest BCUT2D eigenvalue weighted by Gasteiger charge is -2.06. The van der Waals surface area contributed by atoms with E-state index in [0.717, 1.165) is 12.0 Å². The summed E-state index contributed by atoms with van der Waals surface area (Å²) in [6, 6.07) is 14.4. The van der Waals surface area contributed by atoms with Crippen LogP contribution in [0.4, 0.5) is 0 Å². The predicted octanol–water partition coefficient (Wildman–Crippen LogP) is 3.05. The van der Waals surface area contributed by atoms with E-state index in [1.807, 2.05) is 24.3 Å². The number of carbonyl (C=O) groups is 1. The van der Waals surface area contributed by atoms with E-state index in [0.29, 0.717) is 22.0 Å². The molecule has 0 saturated heterocycles. The minimum atomic E-state index is -1.03. The van der Waals surface area contributed by atoms with E-state index in [1.165, 1.54) is 0 Å². The number of halogens is 1. The molecular weight excluding hydrogens is 306 g/mol. The molecule has 1 amide bonds. The van der Waals surface area contributed by atoms with Crippen LogP contribution in [0.3, 0.4) is 0 Å². The van der Waals surface area contributed by atoms with E-state index in [4.69, 9.17) is 11.6 Å². The van der Waals surface area contributed by atoms with Gasteiger partial charge in [-0.15, -0.1) is 0 Å². The molecule has 0 aliphatic carbocycles. The highest BCUT2D eigenvalue weighted by Gasteiger charge is 2.06. The second-order valence-electron chi connectivity index (χ2n) is 4.61. The van der Waals surface area contributed by atoms with Crippen LogP contribution < -0.4 is 5.32 Å². The van der Waals surface area contributed by atoms with Crippen molar-refractivity contribution in [2.24, 2.45) is 0 Å². The molecule has 0 aromatic heterocycles. The number of carbonyl (C=O) groups excluding carboxylic acids is 1. The van der Waals surface area contributed by atoms with E-state index >= 15 is 0 Å². The zero-order chi connectivity index (χ0) is 15.2. The predicted molar refractivity (Wildman–Crippen MR) is 86.3 cm³/mol. The molecule has 0 heterocycles. The Morgan fingerprint density at radius 1 is 1.19 bits per heavy atom. The van der Waals surface area contributed by atoms with Crippen molar-refractivity contribution in [3.05, 3.63) is 64.7 Å². The second kappa shape index (κ2) is 7.38. The smallest absolute Gasteiger partial charge is 0.251 e. The summed E-state index contributed by atoms with van der Waals surface area (Å²) >= 11 is 5.91. The van der Waals surface area contributed by atoms with Crippen LogP contribution in [0, 0.1) is 0 Å². The fraction of sp³-hybridized carbons (Fsp3) is 0.188. The van der Waals surface area contributed by atoms with Crippen molar-refractivity contribution in [1.29, 1.82) is 0 Å². The van der Waals surface area contributed by atoms with Gasteiger partial charge in [-0.3, -0.25) is 9.00 Å². The highest BCUT2D eigenvalue weighted by molar-refractivity contribution is 7.84. The Hall–Kier alpha value is -1.65. The molecule has 0 aliphatic heterocycles. The first-order chi connectivity index (χ1) is 10.1. The standard InChI is InChI=1S/C16H16ClNO2S/c1-21(20)15-7-5-13(6-8-15)16(19)18-10-9-12-3-2-4-14(17)11-12/h2-8,11H,9-10H2,1H3,(H,18,19). The molecule has 2 rings (SSSR count). The average molecular weight is 322 g/mol. The fourth-order valence-corrected chi connectivity index (χ4v) is 2.65. The molecule has 2 aromatic rings. The van der Waals surface area contributed by atoms with Crippen molar-refractivity contribution in [3.63, 3.8) is 0 Å². The molecular formula is C16H16ClNO2S. The highest BCUT2D eigenvalue weighted by atomic mass is 35.5. The van der Waals surface area contributed by atoms with Gasteiger partial charge in [-0.05, 0) is 48.4 Å². The molecule has 3 nitrogen and oxygen atoms in total. The van der Waals surface area contributed by atoms with Gasteiger partial charge >= 0.3 is 0 Å². The molecule has 1 atom stereocenters. The molecule has 0 fully saturated rings. The third-order valence-corrected chi connectivity index (χ3v) is 4.21. The second-order valence-corrected chi connectivity index (χ2v) is 6.43. The molecule has 1 unspecified atom stereocenters. The van der Waals surface area contributed by atoms with Gasteiger partial charge in [-0.1, -0.05) is 23.7 Å². The van der Waals surface area contributed by atoms with Crippen molar-refractivity contribution in [1.82, 2.24) is 5.32 Å². The molecule has 1 N–H and O–H groups in total. The summed E-state index contributed by atoms with van der Waals surface area (Å²) in [7, 11) is -1.03. The molecule has 0 spiro atoms. The Morgan fingerprint density at radius 3 is 2.52 bits per heavy atom. The zero-order valence-corrected chi connectivity index (χ0v) is 13.2. The molecule has 0 saturated carbocycles. The van der Waals surface area contributed by atoms with Gasteiger partial charge in [0.05, 0.1) is 0 Å². The fourth-order valence-electron chi connectivity index (χ4n) is 1.91. The van der Waals surface area contributed by atoms with Crippen LogP contribution in [-0.2, 0) is 17.2 Å². The van der Waals surface area contributed by atoms with Gasteiger partial charge in [0, 0.05) is 39.1 Å². The lowest BCUT2D eigenvalue weighted by atomic mass is 10.1. The number of hydrogen-bond acceptors (Lipinski definition) is 2. The topological polar surface area (TPSA) is 46.2 Å². The third-order valence-electron chi connectivity index (χ3n) is 3.04. The van der Waals surface area contributed by atoms with Gasteiger partial charge in [0.15, 0.2) is 0 Å². The first-order valence-corrected chi connectivity index (χ1v) is 8.46. The minimum absolute atomic E-state index is 0.134. The van der Waals surface area contributed by atoms with Crippen LogP contribution in [0.25, 0.3) is 0 Å². The Labute approximate surface area is 131 Å². The van der Waals surface area contributed by atoms with Crippen molar-refractivity contribution >= 4 is 28.3 Å². The van der Waals surface area contributed by atoms with Crippen molar-refractivity contribution in [3.8, 4) is 0 Å². The van der Waals surface area contributed by atoms with E-state index in [9.17, 15) is 9.00 Å². The SMILES string of the molecule is CS(=O)c1ccc(C(=O)NCCc2cccc(Cl)c2)cc1. The lowest BCUT2D eigenvalue weighted by molar-refractivity contribution is 0.0954. The van der Waals surface area contributed by atoms with Crippen molar-refractivity contribution < 1.29 is 9.00 Å². The van der Waals surface area contributed by atoms with Crippen LogP contribution in [0.15, 0.2) is 53.4 Å². The molecule has 5 heteroatoms. The van der Waals surface area contributed by atoms with Gasteiger partial charge in [0.1, 0.15) is 0 Å². The van der Waals surface area contributed by atoms with Gasteiger partial charge in [-0.2, -0.15) is 0 Å². The Balaban J connectivity index is 1.88. The van der Waals surface area contributed by atoms with E-state index in [1.54, 1.807) is 30.5 Å². The Kier molecular flexibility index (Phi) is 5.53. The maximum absolute atomic E-state index is 12.0. The first-order valence-electron chi connectivity index (χ1n) is 6.52. The number of nitrogens with one attached hydrogen (secondary N) is 1. The Bertz CT molecular complexity index is 656. The van der Waals surface area contributed by atoms with Crippen molar-refractivity contribution in [2.75, 3.05) is 12.8 Å². The number of hydrogen-bond donors (Lipinski definition) is 1. The maximum Gasteiger partial charge on any atom is 0.251 e. The monoisotopic (exact) mass is 321 g/mol. The molecule has 2 aromatic carbocycles. The van der Waals surface area contributed by atoms with Crippen LogP contribution >= 0.6 is 11.6 Å². The molecule has 21 heavy (non-hydrogen) atoms. The molecule has 110 valence electrons. The van der Waals surface area contributed by atoms with Gasteiger partial charge in [0.2, 0.25) is 0 Å². The van der Waals surface area contributed by atoms with Crippen LogP contribution in [0.2, 0.25) is 5.02 Å². The average Bonchev–Trinajstić information content (AvgIpc) is 2.47. The van der Waals surface area contributed by atoms with E-state index in [-0.39, 0.29) is 5.91 Å². The van der Waals surface area contributed by atoms with Gasteiger partial charge in [0.25, 0.3) is 5.91 Å². The largest absolute Gasteiger partial charge is 0.352 e. The Morgan fingerprint density at radius 2 is 1.90 bits per heavy atom. The summed E-state index contributed by atoms with van der Waals surface area (Å²) in [6.45, 7) is 0.542. The zero-order valence-electron chi connectivity index (χ0n) is 11.6. The van der Waals surface area contributed by atoms with E-state index in [2.05, 4.69) is 5.32 Å². The number of rotatable bonds is 5. The summed E-state index contributed by atoms with van der Waals surface area (Å²) in [6.07, 6.45) is 2.34. The van der Waals surface area contributed by atoms with Crippen LogP contribution in [0.5, 0.6) is 0 Å². The lowest BCUT2D eigenvalue weighted by Crippen LogP contribution is -2.25. The van der Waals surface area contributed by atoms with E-state index < -0.39 is 10.8 Å². The summed E-state index contributed by atoms with van der Waals surface area (Å²) in [5.41, 5.74) is 1.65. The molecule has 0 radical (unpaired) electrons. The summed E-state index contributed by atoms with van der Waals surface area (Å²) < 4.78 is 11.3. The maximum atomic E-state index is 12.0. The summed E-state index contributed by atoms with van der Waals surface area (Å²) in [4.78, 5) is 12.7. The number of benzene rings is 2. The molecule has 0 bridgehead atoms. The van der Waals surface area contributed by atoms with Crippen LogP contribution in [0.1, 0.15) is 15.9 Å². The molecule has 0 aliphatic rings. The first kappa shape index (κ1) is 15.7. The van der Waals surface area contributed by atoms with Crippen LogP contribution in [-0.4, -0.2) is 22.9 Å². The van der Waals surface area contributed by atoms with Gasteiger partial charge < -0.3 is 5.32 Å². The normalized spacial score (nSPS) is 11.9. The minimum Gasteiger partial charge on any atom is -0.352 e. The highest BCUT2D eigenvalue weighted by Crippen LogP contribution is 2.11. The summed E-state index contributed by atoms with van der Waals surface area (Å²) in [5.74, 6) is -0.134. The van der Waals surface area contributed by atoms with Gasteiger partial charge in [-0.25, -0.2) is 0 Å². The van der Waals surface area contributed by atoms with Crippen molar-refractivity contribution in [2.45, 2.75) is 11.3 Å². The quantitative estimate of drug-likeness (QED) is 0.920. The summed E-state index contributed by atoms with van der Waals surface area (Å²) in [5, 5.41) is 3.55.